The van der Waals surface area contributed by atoms with Gasteiger partial charge in [0.2, 0.25) is 5.24 Å². The van der Waals surface area contributed by atoms with Crippen LogP contribution in [0.15, 0.2) is 40.8 Å². The fraction of sp³-hybridized carbons (Fsp3) is 0.0714. The predicted octanol–water partition coefficient (Wildman–Crippen LogP) is 3.94. The second-order valence-corrected chi connectivity index (χ2v) is 4.49. The van der Waals surface area contributed by atoms with E-state index in [-0.39, 0.29) is 5.69 Å². The molecule has 0 saturated carbocycles. The minimum atomic E-state index is -0.621. The molecule has 0 N–H and O–H groups in total. The van der Waals surface area contributed by atoms with Gasteiger partial charge in [-0.05, 0) is 48.4 Å². The van der Waals surface area contributed by atoms with Crippen LogP contribution < -0.4 is 0 Å². The van der Waals surface area contributed by atoms with Crippen molar-refractivity contribution in [2.24, 2.45) is 0 Å². The van der Waals surface area contributed by atoms with Crippen LogP contribution in [0.5, 0.6) is 0 Å². The number of nitrogens with zero attached hydrogens (tertiary/aromatic N) is 1. The fourth-order valence-electron chi connectivity index (χ4n) is 1.74. The molecule has 0 fully saturated rings. The van der Waals surface area contributed by atoms with Gasteiger partial charge in [0, 0.05) is 12.1 Å². The molecule has 0 radical (unpaired) electrons. The third kappa shape index (κ3) is 3.13. The highest BCUT2D eigenvalue weighted by atomic mass is 35.5. The van der Waals surface area contributed by atoms with Crippen LogP contribution in [0.2, 0.25) is 0 Å². The minimum absolute atomic E-state index is 0.0247. The summed E-state index contributed by atoms with van der Waals surface area (Å²) in [5.41, 5.74) is 1.15. The second kappa shape index (κ2) is 5.71. The zero-order valence-electron chi connectivity index (χ0n) is 10.5. The summed E-state index contributed by atoms with van der Waals surface area (Å²) in [6, 6.07) is 8.09. The van der Waals surface area contributed by atoms with Gasteiger partial charge < -0.3 is 4.42 Å². The van der Waals surface area contributed by atoms with Gasteiger partial charge >= 0.3 is 0 Å². The van der Waals surface area contributed by atoms with Crippen LogP contribution in [-0.4, -0.2) is 10.2 Å². The minimum Gasteiger partial charge on any atom is -0.456 e. The molecule has 0 unspecified atom stereocenters. The third-order valence-electron chi connectivity index (χ3n) is 2.62. The molecular weight excluding hydrogens is 282 g/mol. The normalized spacial score (nSPS) is 10.9. The van der Waals surface area contributed by atoms with Crippen molar-refractivity contribution in [3.8, 4) is 11.3 Å². The van der Waals surface area contributed by atoms with Crippen LogP contribution in [0.4, 0.5) is 5.69 Å². The standard InChI is InChI=1S/C14H10ClNO4/c1-9-2-5-11(12(8-9)16(18)19)13-6-3-10(20-13)4-7-14(15)17/h2-8H,1H3. The predicted molar refractivity (Wildman–Crippen MR) is 75.4 cm³/mol. The van der Waals surface area contributed by atoms with Gasteiger partial charge in [0.1, 0.15) is 11.5 Å². The Bertz CT molecular complexity index is 703. The Balaban J connectivity index is 2.42. The second-order valence-electron chi connectivity index (χ2n) is 4.12. The number of hydrogen-bond donors (Lipinski definition) is 0. The Morgan fingerprint density at radius 3 is 2.75 bits per heavy atom. The largest absolute Gasteiger partial charge is 0.456 e. The Morgan fingerprint density at radius 1 is 1.35 bits per heavy atom. The van der Waals surface area contributed by atoms with Gasteiger partial charge in [-0.1, -0.05) is 6.07 Å². The summed E-state index contributed by atoms with van der Waals surface area (Å²) in [6.07, 6.45) is 2.55. The van der Waals surface area contributed by atoms with Crippen LogP contribution in [0, 0.1) is 17.0 Å². The van der Waals surface area contributed by atoms with Crippen molar-refractivity contribution in [3.05, 3.63) is 57.8 Å². The summed E-state index contributed by atoms with van der Waals surface area (Å²) in [5.74, 6) is 0.752. The maximum absolute atomic E-state index is 11.1. The number of nitro benzene ring substituents is 1. The van der Waals surface area contributed by atoms with Crippen molar-refractivity contribution in [2.75, 3.05) is 0 Å². The molecular formula is C14H10ClNO4. The number of rotatable bonds is 4. The summed E-state index contributed by atoms with van der Waals surface area (Å²) >= 11 is 5.18. The Morgan fingerprint density at radius 2 is 2.10 bits per heavy atom. The first-order valence-electron chi connectivity index (χ1n) is 5.70. The van der Waals surface area contributed by atoms with E-state index in [1.165, 1.54) is 12.1 Å². The highest BCUT2D eigenvalue weighted by Gasteiger charge is 2.17. The van der Waals surface area contributed by atoms with Crippen LogP contribution >= 0.6 is 11.6 Å². The van der Waals surface area contributed by atoms with Gasteiger partial charge in [0.25, 0.3) is 5.69 Å². The van der Waals surface area contributed by atoms with Gasteiger partial charge in [0.05, 0.1) is 10.5 Å². The van der Waals surface area contributed by atoms with E-state index in [1.807, 2.05) is 0 Å². The van der Waals surface area contributed by atoms with Gasteiger partial charge in [-0.3, -0.25) is 14.9 Å². The quantitative estimate of drug-likeness (QED) is 0.370. The lowest BCUT2D eigenvalue weighted by molar-refractivity contribution is -0.384. The summed E-state index contributed by atoms with van der Waals surface area (Å²) in [5, 5.41) is 10.4. The molecule has 0 aliphatic heterocycles. The van der Waals surface area contributed by atoms with Gasteiger partial charge in [-0.2, -0.15) is 0 Å². The molecule has 0 aliphatic rings. The van der Waals surface area contributed by atoms with Crippen molar-refractivity contribution >= 4 is 28.6 Å². The summed E-state index contributed by atoms with van der Waals surface area (Å²) in [4.78, 5) is 21.2. The zero-order chi connectivity index (χ0) is 14.7. The Kier molecular flexibility index (Phi) is 4.00. The number of furan rings is 1. The van der Waals surface area contributed by atoms with E-state index in [4.69, 9.17) is 16.0 Å². The van der Waals surface area contributed by atoms with E-state index in [0.29, 0.717) is 17.1 Å². The van der Waals surface area contributed by atoms with Crippen molar-refractivity contribution in [2.45, 2.75) is 6.92 Å². The lowest BCUT2D eigenvalue weighted by Crippen LogP contribution is -1.92. The van der Waals surface area contributed by atoms with E-state index in [9.17, 15) is 14.9 Å². The number of halogens is 1. The maximum atomic E-state index is 11.1. The SMILES string of the molecule is Cc1ccc(-c2ccc(C=CC(=O)Cl)o2)c([N+](=O)[O-])c1. The van der Waals surface area contributed by atoms with Gasteiger partial charge in [-0.15, -0.1) is 0 Å². The van der Waals surface area contributed by atoms with E-state index >= 15 is 0 Å². The van der Waals surface area contributed by atoms with Crippen LogP contribution in [0.1, 0.15) is 11.3 Å². The third-order valence-corrected chi connectivity index (χ3v) is 2.75. The average Bonchev–Trinajstić information content (AvgIpc) is 2.84. The topological polar surface area (TPSA) is 73.3 Å². The highest BCUT2D eigenvalue weighted by Crippen LogP contribution is 2.32. The van der Waals surface area contributed by atoms with Crippen LogP contribution in [-0.2, 0) is 4.79 Å². The van der Waals surface area contributed by atoms with Crippen molar-refractivity contribution in [1.82, 2.24) is 0 Å². The van der Waals surface area contributed by atoms with Gasteiger partial charge in [0.15, 0.2) is 0 Å². The first-order valence-corrected chi connectivity index (χ1v) is 6.08. The molecule has 0 bridgehead atoms. The molecule has 0 atom stereocenters. The van der Waals surface area contributed by atoms with E-state index < -0.39 is 10.2 Å². The van der Waals surface area contributed by atoms with Crippen molar-refractivity contribution in [1.29, 1.82) is 0 Å². The molecule has 0 spiro atoms. The Labute approximate surface area is 119 Å². The number of nitro groups is 1. The number of hydrogen-bond acceptors (Lipinski definition) is 4. The first kappa shape index (κ1) is 14.0. The lowest BCUT2D eigenvalue weighted by Gasteiger charge is -2.00. The molecule has 1 heterocycles. The molecule has 2 aromatic rings. The number of aryl methyl sites for hydroxylation is 1. The summed E-state index contributed by atoms with van der Waals surface area (Å²) in [7, 11) is 0. The summed E-state index contributed by atoms with van der Waals surface area (Å²) in [6.45, 7) is 1.78. The monoisotopic (exact) mass is 291 g/mol. The average molecular weight is 292 g/mol. The van der Waals surface area contributed by atoms with Crippen molar-refractivity contribution < 1.29 is 14.1 Å². The molecule has 2 rings (SSSR count). The molecule has 0 saturated heterocycles. The molecule has 102 valence electrons. The molecule has 20 heavy (non-hydrogen) atoms. The van der Waals surface area contributed by atoms with Gasteiger partial charge in [-0.25, -0.2) is 0 Å². The first-order chi connectivity index (χ1) is 9.47. The molecule has 1 aromatic carbocycles. The fourth-order valence-corrected chi connectivity index (χ4v) is 1.80. The zero-order valence-corrected chi connectivity index (χ0v) is 11.3. The van der Waals surface area contributed by atoms with E-state index in [2.05, 4.69) is 0 Å². The summed E-state index contributed by atoms with van der Waals surface area (Å²) < 4.78 is 5.45. The van der Waals surface area contributed by atoms with E-state index in [1.54, 1.807) is 31.2 Å². The number of carbonyl (C=O) groups excluding carboxylic acids is 1. The highest BCUT2D eigenvalue weighted by molar-refractivity contribution is 6.66. The van der Waals surface area contributed by atoms with E-state index in [0.717, 1.165) is 11.6 Å². The molecule has 6 heteroatoms. The lowest BCUT2D eigenvalue weighted by atomic mass is 10.1. The number of allylic oxidation sites excluding steroid dienone is 1. The van der Waals surface area contributed by atoms with Crippen molar-refractivity contribution in [3.63, 3.8) is 0 Å². The molecule has 1 aromatic heterocycles. The number of carbonyl (C=O) groups is 1. The molecule has 5 nitrogen and oxygen atoms in total. The number of benzene rings is 1. The van der Waals surface area contributed by atoms with Crippen LogP contribution in [0.25, 0.3) is 17.4 Å². The molecule has 0 amide bonds. The smallest absolute Gasteiger partial charge is 0.280 e. The molecule has 0 aliphatic carbocycles. The Hall–Kier alpha value is -2.40. The maximum Gasteiger partial charge on any atom is 0.280 e. The van der Waals surface area contributed by atoms with Crippen LogP contribution in [0.3, 0.4) is 0 Å².